The first-order chi connectivity index (χ1) is 8.63. The number of hydrogen-bond acceptors (Lipinski definition) is 2. The summed E-state index contributed by atoms with van der Waals surface area (Å²) in [7, 11) is 0. The summed E-state index contributed by atoms with van der Waals surface area (Å²) in [5.41, 5.74) is 0. The minimum atomic E-state index is 0.241. The summed E-state index contributed by atoms with van der Waals surface area (Å²) < 4.78 is 5.73. The molecule has 1 heterocycles. The standard InChI is InChI=1S/C15H27NO2/c1-4-5-9-15(17)16-10-11-18-14(12-16)8-6-7-13(2)3/h4,13-14H,1,5-12H2,2-3H3/t14-/m1/s1. The van der Waals surface area contributed by atoms with Crippen molar-refractivity contribution in [2.24, 2.45) is 5.92 Å². The van der Waals surface area contributed by atoms with E-state index in [1.807, 2.05) is 4.90 Å². The number of ether oxygens (including phenoxy) is 1. The fraction of sp³-hybridized carbons (Fsp3) is 0.800. The summed E-state index contributed by atoms with van der Waals surface area (Å²) in [6.07, 6.45) is 6.91. The summed E-state index contributed by atoms with van der Waals surface area (Å²) in [6, 6.07) is 0. The summed E-state index contributed by atoms with van der Waals surface area (Å²) in [5, 5.41) is 0. The smallest absolute Gasteiger partial charge is 0.223 e. The molecule has 18 heavy (non-hydrogen) atoms. The quantitative estimate of drug-likeness (QED) is 0.653. The van der Waals surface area contributed by atoms with Crippen LogP contribution in [0.4, 0.5) is 0 Å². The van der Waals surface area contributed by atoms with E-state index in [4.69, 9.17) is 4.74 Å². The first-order valence-electron chi connectivity index (χ1n) is 7.13. The summed E-state index contributed by atoms with van der Waals surface area (Å²) in [5.74, 6) is 0.992. The second-order valence-electron chi connectivity index (χ2n) is 5.48. The van der Waals surface area contributed by atoms with Crippen molar-refractivity contribution >= 4 is 5.91 Å². The molecule has 1 rings (SSSR count). The number of amides is 1. The monoisotopic (exact) mass is 253 g/mol. The first-order valence-corrected chi connectivity index (χ1v) is 7.13. The highest BCUT2D eigenvalue weighted by atomic mass is 16.5. The predicted octanol–water partition coefficient (Wildman–Crippen LogP) is 3.01. The number of rotatable bonds is 7. The van der Waals surface area contributed by atoms with Gasteiger partial charge in [-0.25, -0.2) is 0 Å². The van der Waals surface area contributed by atoms with Gasteiger partial charge in [-0.3, -0.25) is 4.79 Å². The van der Waals surface area contributed by atoms with Crippen LogP contribution in [0.1, 0.15) is 46.0 Å². The molecule has 1 aliphatic heterocycles. The molecule has 0 saturated carbocycles. The molecule has 0 unspecified atom stereocenters. The molecule has 0 aliphatic carbocycles. The van der Waals surface area contributed by atoms with Gasteiger partial charge in [-0.15, -0.1) is 6.58 Å². The molecule has 0 aromatic heterocycles. The van der Waals surface area contributed by atoms with Gasteiger partial charge in [0.15, 0.2) is 0 Å². The Morgan fingerprint density at radius 2 is 2.33 bits per heavy atom. The van der Waals surface area contributed by atoms with Gasteiger partial charge in [-0.2, -0.15) is 0 Å². The largest absolute Gasteiger partial charge is 0.375 e. The Balaban J connectivity index is 2.27. The zero-order valence-corrected chi connectivity index (χ0v) is 11.9. The SMILES string of the molecule is C=CCCC(=O)N1CCO[C@H](CCCC(C)C)C1. The lowest BCUT2D eigenvalue weighted by molar-refractivity contribution is -0.139. The highest BCUT2D eigenvalue weighted by Crippen LogP contribution is 2.15. The van der Waals surface area contributed by atoms with Crippen molar-refractivity contribution in [3.8, 4) is 0 Å². The van der Waals surface area contributed by atoms with Crippen molar-refractivity contribution in [1.29, 1.82) is 0 Å². The molecule has 1 saturated heterocycles. The Bertz CT molecular complexity index is 263. The molecular formula is C15H27NO2. The Morgan fingerprint density at radius 1 is 1.56 bits per heavy atom. The summed E-state index contributed by atoms with van der Waals surface area (Å²) in [6.45, 7) is 10.3. The van der Waals surface area contributed by atoms with Gasteiger partial charge in [-0.05, 0) is 18.8 Å². The molecule has 0 aromatic carbocycles. The minimum Gasteiger partial charge on any atom is -0.375 e. The molecule has 1 amide bonds. The average molecular weight is 253 g/mol. The molecule has 3 nitrogen and oxygen atoms in total. The Hall–Kier alpha value is -0.830. The van der Waals surface area contributed by atoms with Gasteiger partial charge in [0.05, 0.1) is 12.7 Å². The highest BCUT2D eigenvalue weighted by molar-refractivity contribution is 5.76. The van der Waals surface area contributed by atoms with Crippen molar-refractivity contribution in [3.63, 3.8) is 0 Å². The van der Waals surface area contributed by atoms with Gasteiger partial charge in [0.2, 0.25) is 5.91 Å². The van der Waals surface area contributed by atoms with E-state index in [9.17, 15) is 4.79 Å². The van der Waals surface area contributed by atoms with Gasteiger partial charge in [0.1, 0.15) is 0 Å². The Kier molecular flexibility index (Phi) is 7.02. The molecule has 0 bridgehead atoms. The predicted molar refractivity (Wildman–Crippen MR) is 74.4 cm³/mol. The maximum Gasteiger partial charge on any atom is 0.223 e. The number of morpholine rings is 1. The zero-order chi connectivity index (χ0) is 13.4. The van der Waals surface area contributed by atoms with E-state index in [1.54, 1.807) is 6.08 Å². The van der Waals surface area contributed by atoms with Crippen LogP contribution in [0.5, 0.6) is 0 Å². The van der Waals surface area contributed by atoms with E-state index in [-0.39, 0.29) is 12.0 Å². The highest BCUT2D eigenvalue weighted by Gasteiger charge is 2.23. The summed E-state index contributed by atoms with van der Waals surface area (Å²) in [4.78, 5) is 13.9. The fourth-order valence-corrected chi connectivity index (χ4v) is 2.26. The summed E-state index contributed by atoms with van der Waals surface area (Å²) >= 11 is 0. The van der Waals surface area contributed by atoms with E-state index < -0.39 is 0 Å². The number of carbonyl (C=O) groups excluding carboxylic acids is 1. The molecule has 1 atom stereocenters. The van der Waals surface area contributed by atoms with E-state index in [1.165, 1.54) is 12.8 Å². The van der Waals surface area contributed by atoms with Crippen LogP contribution in [0.3, 0.4) is 0 Å². The molecule has 0 N–H and O–H groups in total. The fourth-order valence-electron chi connectivity index (χ4n) is 2.26. The number of allylic oxidation sites excluding steroid dienone is 1. The minimum absolute atomic E-state index is 0.241. The van der Waals surface area contributed by atoms with Crippen molar-refractivity contribution < 1.29 is 9.53 Å². The van der Waals surface area contributed by atoms with Gasteiger partial charge in [0.25, 0.3) is 0 Å². The zero-order valence-electron chi connectivity index (χ0n) is 11.9. The van der Waals surface area contributed by atoms with E-state index in [0.717, 1.165) is 31.8 Å². The number of carbonyl (C=O) groups is 1. The van der Waals surface area contributed by atoms with Crippen LogP contribution >= 0.6 is 0 Å². The second kappa shape index (κ2) is 8.30. The van der Waals surface area contributed by atoms with Crippen LogP contribution < -0.4 is 0 Å². The Morgan fingerprint density at radius 3 is 3.00 bits per heavy atom. The average Bonchev–Trinajstić information content (AvgIpc) is 2.36. The molecule has 0 aromatic rings. The van der Waals surface area contributed by atoms with Crippen LogP contribution in [0, 0.1) is 5.92 Å². The number of hydrogen-bond donors (Lipinski definition) is 0. The van der Waals surface area contributed by atoms with Gasteiger partial charge in [-0.1, -0.05) is 32.8 Å². The molecule has 0 spiro atoms. The van der Waals surface area contributed by atoms with Crippen molar-refractivity contribution in [2.45, 2.75) is 52.1 Å². The topological polar surface area (TPSA) is 29.5 Å². The van der Waals surface area contributed by atoms with Crippen molar-refractivity contribution in [1.82, 2.24) is 4.90 Å². The third-order valence-electron chi connectivity index (χ3n) is 3.36. The van der Waals surface area contributed by atoms with Gasteiger partial charge >= 0.3 is 0 Å². The van der Waals surface area contributed by atoms with Crippen LogP contribution in [0.25, 0.3) is 0 Å². The van der Waals surface area contributed by atoms with Crippen molar-refractivity contribution in [2.75, 3.05) is 19.7 Å². The molecule has 1 aliphatic rings. The van der Waals surface area contributed by atoms with Crippen LogP contribution in [-0.2, 0) is 9.53 Å². The maximum absolute atomic E-state index is 11.9. The van der Waals surface area contributed by atoms with Crippen LogP contribution in [0.15, 0.2) is 12.7 Å². The van der Waals surface area contributed by atoms with Gasteiger partial charge in [0, 0.05) is 19.5 Å². The lowest BCUT2D eigenvalue weighted by atomic mass is 10.0. The molecule has 0 radical (unpaired) electrons. The van der Waals surface area contributed by atoms with Gasteiger partial charge < -0.3 is 9.64 Å². The van der Waals surface area contributed by atoms with E-state index in [2.05, 4.69) is 20.4 Å². The van der Waals surface area contributed by atoms with Crippen LogP contribution in [0.2, 0.25) is 0 Å². The normalized spacial score (nSPS) is 20.2. The molecular weight excluding hydrogens is 226 g/mol. The molecule has 104 valence electrons. The molecule has 3 heteroatoms. The lowest BCUT2D eigenvalue weighted by Gasteiger charge is -2.33. The van der Waals surface area contributed by atoms with Crippen molar-refractivity contribution in [3.05, 3.63) is 12.7 Å². The third-order valence-corrected chi connectivity index (χ3v) is 3.36. The Labute approximate surface area is 111 Å². The van der Waals surface area contributed by atoms with Crippen LogP contribution in [-0.4, -0.2) is 36.6 Å². The lowest BCUT2D eigenvalue weighted by Crippen LogP contribution is -2.45. The first kappa shape index (κ1) is 15.2. The maximum atomic E-state index is 11.9. The van der Waals surface area contributed by atoms with E-state index in [0.29, 0.717) is 13.0 Å². The number of nitrogens with zero attached hydrogens (tertiary/aromatic N) is 1. The second-order valence-corrected chi connectivity index (χ2v) is 5.48. The van der Waals surface area contributed by atoms with E-state index >= 15 is 0 Å². The third kappa shape index (κ3) is 5.67. The molecule has 1 fully saturated rings.